The largest absolute Gasteiger partial charge is 0.454 e. The van der Waals surface area contributed by atoms with E-state index >= 15 is 0 Å². The molecule has 2 aromatic carbocycles. The van der Waals surface area contributed by atoms with Crippen molar-refractivity contribution in [2.24, 2.45) is 0 Å². The number of nitrogens with one attached hydrogen (secondary N) is 1. The highest BCUT2D eigenvalue weighted by molar-refractivity contribution is 6.30. The van der Waals surface area contributed by atoms with Crippen LogP contribution in [-0.2, 0) is 9.53 Å². The molecule has 0 unspecified atom stereocenters. The molecule has 0 radical (unpaired) electrons. The highest BCUT2D eigenvalue weighted by Gasteiger charge is 2.27. The normalized spacial score (nSPS) is 15.5. The summed E-state index contributed by atoms with van der Waals surface area (Å²) in [5.41, 5.74) is 1.39. The summed E-state index contributed by atoms with van der Waals surface area (Å²) in [6, 6.07) is 8.30. The molecule has 1 heterocycles. The van der Waals surface area contributed by atoms with Gasteiger partial charge in [0.05, 0.1) is 11.5 Å². The minimum Gasteiger partial charge on any atom is -0.454 e. The third-order valence-corrected chi connectivity index (χ3v) is 4.21. The van der Waals surface area contributed by atoms with Crippen molar-refractivity contribution >= 4 is 34.9 Å². The minimum atomic E-state index is -0.950. The standard InChI is InChI=1S/C18H13ClFNO4/c1-9-13-6-10(2-5-15(13)21-17(9)23)16(22)8-25-18(24)12-4-3-11(19)7-14(12)20/h2-7,9H,8H2,1H3,(H,21,23)/t9-/m1/s1. The fourth-order valence-electron chi connectivity index (χ4n) is 2.54. The van der Waals surface area contributed by atoms with E-state index in [0.29, 0.717) is 16.8 Å². The van der Waals surface area contributed by atoms with Crippen LogP contribution in [0.2, 0.25) is 5.02 Å². The minimum absolute atomic E-state index is 0.135. The molecule has 1 aliphatic heterocycles. The van der Waals surface area contributed by atoms with Gasteiger partial charge in [-0.25, -0.2) is 9.18 Å². The summed E-state index contributed by atoms with van der Waals surface area (Å²) in [5, 5.41) is 2.86. The number of ketones is 1. The Balaban J connectivity index is 1.69. The van der Waals surface area contributed by atoms with Crippen molar-refractivity contribution in [3.63, 3.8) is 0 Å². The molecule has 0 bridgehead atoms. The number of rotatable bonds is 4. The first-order valence-electron chi connectivity index (χ1n) is 7.47. The lowest BCUT2D eigenvalue weighted by Crippen LogP contribution is -2.15. The van der Waals surface area contributed by atoms with Crippen molar-refractivity contribution in [3.8, 4) is 0 Å². The van der Waals surface area contributed by atoms with Gasteiger partial charge in [-0.2, -0.15) is 0 Å². The summed E-state index contributed by atoms with van der Waals surface area (Å²) >= 11 is 5.62. The van der Waals surface area contributed by atoms with Crippen LogP contribution in [0, 0.1) is 5.82 Å². The summed E-state index contributed by atoms with van der Waals surface area (Å²) in [4.78, 5) is 35.7. The lowest BCUT2D eigenvalue weighted by molar-refractivity contribution is -0.116. The molecule has 0 aliphatic carbocycles. The maximum Gasteiger partial charge on any atom is 0.341 e. The van der Waals surface area contributed by atoms with Crippen LogP contribution in [0.3, 0.4) is 0 Å². The number of Topliss-reactive ketones (excluding diaryl/α,β-unsaturated/α-hetero) is 1. The molecular weight excluding hydrogens is 349 g/mol. The number of halogens is 2. The molecule has 2 aromatic rings. The lowest BCUT2D eigenvalue weighted by atomic mass is 9.99. The molecule has 0 aromatic heterocycles. The Labute approximate surface area is 147 Å². The van der Waals surface area contributed by atoms with Crippen molar-refractivity contribution in [1.29, 1.82) is 0 Å². The number of esters is 1. The van der Waals surface area contributed by atoms with Crippen molar-refractivity contribution in [2.45, 2.75) is 12.8 Å². The number of hydrogen-bond donors (Lipinski definition) is 1. The average molecular weight is 362 g/mol. The maximum absolute atomic E-state index is 13.7. The molecule has 0 saturated heterocycles. The van der Waals surface area contributed by atoms with Gasteiger partial charge in [0.25, 0.3) is 0 Å². The summed E-state index contributed by atoms with van der Waals surface area (Å²) < 4.78 is 18.5. The highest BCUT2D eigenvalue weighted by Crippen LogP contribution is 2.32. The predicted octanol–water partition coefficient (Wildman–Crippen LogP) is 3.57. The fraction of sp³-hybridized carbons (Fsp3) is 0.167. The van der Waals surface area contributed by atoms with Crippen molar-refractivity contribution in [2.75, 3.05) is 11.9 Å². The second kappa shape index (κ2) is 6.64. The van der Waals surface area contributed by atoms with Gasteiger partial charge in [0, 0.05) is 16.3 Å². The number of ether oxygens (including phenoxy) is 1. The fourth-order valence-corrected chi connectivity index (χ4v) is 2.70. The number of carbonyl (C=O) groups is 3. The van der Waals surface area contributed by atoms with E-state index in [-0.39, 0.29) is 22.4 Å². The van der Waals surface area contributed by atoms with Crippen molar-refractivity contribution in [1.82, 2.24) is 0 Å². The lowest BCUT2D eigenvalue weighted by Gasteiger charge is -2.07. The van der Waals surface area contributed by atoms with Gasteiger partial charge in [-0.1, -0.05) is 11.6 Å². The summed E-state index contributed by atoms with van der Waals surface area (Å²) in [5.74, 6) is -2.70. The molecule has 0 fully saturated rings. The predicted molar refractivity (Wildman–Crippen MR) is 89.5 cm³/mol. The molecule has 7 heteroatoms. The summed E-state index contributed by atoms with van der Waals surface area (Å²) in [6.07, 6.45) is 0. The van der Waals surface area contributed by atoms with Gasteiger partial charge >= 0.3 is 5.97 Å². The zero-order chi connectivity index (χ0) is 18.1. The van der Waals surface area contributed by atoms with Crippen LogP contribution < -0.4 is 5.32 Å². The maximum atomic E-state index is 13.7. The Morgan fingerprint density at radius 2 is 2.00 bits per heavy atom. The van der Waals surface area contributed by atoms with Crippen LogP contribution in [0.5, 0.6) is 0 Å². The van der Waals surface area contributed by atoms with E-state index in [1.54, 1.807) is 19.1 Å². The van der Waals surface area contributed by atoms with Gasteiger partial charge in [-0.3, -0.25) is 9.59 Å². The van der Waals surface area contributed by atoms with E-state index in [1.807, 2.05) is 0 Å². The van der Waals surface area contributed by atoms with E-state index in [2.05, 4.69) is 5.32 Å². The number of amides is 1. The average Bonchev–Trinajstić information content (AvgIpc) is 2.86. The third-order valence-electron chi connectivity index (χ3n) is 3.98. The first-order valence-corrected chi connectivity index (χ1v) is 7.85. The SMILES string of the molecule is C[C@H]1C(=O)Nc2ccc(C(=O)COC(=O)c3ccc(Cl)cc3F)cc21. The quantitative estimate of drug-likeness (QED) is 0.667. The number of anilines is 1. The van der Waals surface area contributed by atoms with Gasteiger partial charge in [0.1, 0.15) is 5.82 Å². The van der Waals surface area contributed by atoms with E-state index in [4.69, 9.17) is 16.3 Å². The Morgan fingerprint density at radius 3 is 2.72 bits per heavy atom. The van der Waals surface area contributed by atoms with Crippen LogP contribution in [0.15, 0.2) is 36.4 Å². The van der Waals surface area contributed by atoms with Gasteiger partial charge in [0.15, 0.2) is 12.4 Å². The molecule has 1 atom stereocenters. The smallest absolute Gasteiger partial charge is 0.341 e. The molecular formula is C18H13ClFNO4. The number of benzene rings is 2. The van der Waals surface area contributed by atoms with Crippen molar-refractivity contribution < 1.29 is 23.5 Å². The van der Waals surface area contributed by atoms with Gasteiger partial charge in [-0.15, -0.1) is 0 Å². The Morgan fingerprint density at radius 1 is 1.24 bits per heavy atom. The van der Waals surface area contributed by atoms with Gasteiger partial charge in [-0.05, 0) is 48.9 Å². The Hall–Kier alpha value is -2.73. The molecule has 1 N–H and O–H groups in total. The molecule has 0 spiro atoms. The number of carbonyl (C=O) groups excluding carboxylic acids is 3. The topological polar surface area (TPSA) is 72.5 Å². The van der Waals surface area contributed by atoms with Crippen LogP contribution in [0.1, 0.15) is 39.1 Å². The van der Waals surface area contributed by atoms with Crippen LogP contribution in [-0.4, -0.2) is 24.3 Å². The Kier molecular flexibility index (Phi) is 4.55. The monoisotopic (exact) mass is 361 g/mol. The van der Waals surface area contributed by atoms with E-state index in [1.165, 1.54) is 18.2 Å². The summed E-state index contributed by atoms with van der Waals surface area (Å²) in [7, 11) is 0. The molecule has 0 saturated carbocycles. The van der Waals surface area contributed by atoms with Crippen molar-refractivity contribution in [3.05, 3.63) is 63.9 Å². The van der Waals surface area contributed by atoms with Crippen LogP contribution >= 0.6 is 11.6 Å². The number of fused-ring (bicyclic) bond motifs is 1. The zero-order valence-corrected chi connectivity index (χ0v) is 13.9. The van der Waals surface area contributed by atoms with Crippen LogP contribution in [0.25, 0.3) is 0 Å². The molecule has 1 amide bonds. The Bertz CT molecular complexity index is 897. The highest BCUT2D eigenvalue weighted by atomic mass is 35.5. The molecule has 128 valence electrons. The third kappa shape index (κ3) is 3.39. The molecule has 3 rings (SSSR count). The zero-order valence-electron chi connectivity index (χ0n) is 13.1. The molecule has 25 heavy (non-hydrogen) atoms. The first kappa shape index (κ1) is 17.1. The van der Waals surface area contributed by atoms with Crippen LogP contribution in [0.4, 0.5) is 10.1 Å². The molecule has 5 nitrogen and oxygen atoms in total. The van der Waals surface area contributed by atoms with Gasteiger partial charge < -0.3 is 10.1 Å². The summed E-state index contributed by atoms with van der Waals surface area (Å²) in [6.45, 7) is 1.20. The second-order valence-electron chi connectivity index (χ2n) is 5.64. The molecule has 1 aliphatic rings. The second-order valence-corrected chi connectivity index (χ2v) is 6.07. The first-order chi connectivity index (χ1) is 11.9. The van der Waals surface area contributed by atoms with Gasteiger partial charge in [0.2, 0.25) is 5.91 Å². The number of hydrogen-bond acceptors (Lipinski definition) is 4. The van der Waals surface area contributed by atoms with E-state index in [9.17, 15) is 18.8 Å². The van der Waals surface area contributed by atoms with E-state index < -0.39 is 24.2 Å². The van der Waals surface area contributed by atoms with E-state index in [0.717, 1.165) is 6.07 Å².